The van der Waals surface area contributed by atoms with E-state index < -0.39 is 29.4 Å². The number of ether oxygens (including phenoxy) is 2. The smallest absolute Gasteiger partial charge is 0.256 e. The summed E-state index contributed by atoms with van der Waals surface area (Å²) in [4.78, 5) is 25.2. The number of amides is 1. The predicted molar refractivity (Wildman–Crippen MR) is 121 cm³/mol. The van der Waals surface area contributed by atoms with Gasteiger partial charge < -0.3 is 14.8 Å². The second kappa shape index (κ2) is 8.44. The molecule has 2 aliphatic heterocycles. The fourth-order valence-corrected chi connectivity index (χ4v) is 5.15. The van der Waals surface area contributed by atoms with Crippen molar-refractivity contribution in [2.24, 2.45) is 0 Å². The zero-order valence-corrected chi connectivity index (χ0v) is 18.5. The number of rotatable bonds is 7. The van der Waals surface area contributed by atoms with Gasteiger partial charge in [-0.1, -0.05) is 42.5 Å². The molecule has 0 unspecified atom stereocenters. The maximum atomic E-state index is 13.1. The zero-order chi connectivity index (χ0) is 23.0. The average Bonchev–Trinajstić information content (AvgIpc) is 3.22. The van der Waals surface area contributed by atoms with Crippen LogP contribution in [0.2, 0.25) is 5.02 Å². The summed E-state index contributed by atoms with van der Waals surface area (Å²) in [5.41, 5.74) is 0.259. The maximum absolute atomic E-state index is 13.1. The van der Waals surface area contributed by atoms with Gasteiger partial charge >= 0.3 is 0 Å². The first kappa shape index (κ1) is 22.1. The molecule has 2 heterocycles. The van der Waals surface area contributed by atoms with Gasteiger partial charge in [0.1, 0.15) is 6.61 Å². The lowest BCUT2D eigenvalue weighted by Crippen LogP contribution is -2.54. The predicted octanol–water partition coefficient (Wildman–Crippen LogP) is 3.87. The topological polar surface area (TPSA) is 103 Å². The van der Waals surface area contributed by atoms with Crippen LogP contribution in [0.3, 0.4) is 0 Å². The van der Waals surface area contributed by atoms with Gasteiger partial charge in [-0.15, -0.1) is 0 Å². The summed E-state index contributed by atoms with van der Waals surface area (Å²) in [5, 5.41) is 18.8. The molecule has 4 atom stereocenters. The van der Waals surface area contributed by atoms with Crippen LogP contribution in [0.15, 0.2) is 49.1 Å². The first-order chi connectivity index (χ1) is 15.3. The van der Waals surface area contributed by atoms with E-state index in [1.54, 1.807) is 42.5 Å². The molecule has 0 saturated carbocycles. The van der Waals surface area contributed by atoms with Crippen LogP contribution in [-0.2, 0) is 10.3 Å². The van der Waals surface area contributed by atoms with Crippen molar-refractivity contribution in [3.05, 3.63) is 75.3 Å². The Morgan fingerprint density at radius 3 is 2.75 bits per heavy atom. The van der Waals surface area contributed by atoms with Crippen molar-refractivity contribution in [3.8, 4) is 11.5 Å². The van der Waals surface area contributed by atoms with E-state index in [9.17, 15) is 14.9 Å². The summed E-state index contributed by atoms with van der Waals surface area (Å²) in [6.45, 7) is 7.89. The first-order valence-corrected chi connectivity index (χ1v) is 10.7. The number of fused-ring (bicyclic) bond motifs is 2. The van der Waals surface area contributed by atoms with Gasteiger partial charge in [0.15, 0.2) is 17.0 Å². The van der Waals surface area contributed by atoms with Crippen molar-refractivity contribution < 1.29 is 19.2 Å². The molecule has 8 nitrogen and oxygen atoms in total. The molecule has 0 radical (unpaired) electrons. The van der Waals surface area contributed by atoms with E-state index >= 15 is 0 Å². The molecule has 0 bridgehead atoms. The van der Waals surface area contributed by atoms with Crippen molar-refractivity contribution in [2.75, 3.05) is 18.5 Å². The third-order valence-corrected chi connectivity index (χ3v) is 6.31. The second-order valence-corrected chi connectivity index (χ2v) is 8.27. The molecule has 2 aromatic carbocycles. The highest BCUT2D eigenvalue weighted by molar-refractivity contribution is 6.32. The Hall–Kier alpha value is -3.10. The molecule has 2 aliphatic rings. The number of nitro groups is 1. The molecule has 2 aromatic rings. The zero-order valence-electron chi connectivity index (χ0n) is 17.8. The molecule has 4 rings (SSSR count). The number of hydrogen-bond donors (Lipinski definition) is 2. The molecule has 1 saturated heterocycles. The van der Waals surface area contributed by atoms with Crippen LogP contribution in [0.5, 0.6) is 11.5 Å². The summed E-state index contributed by atoms with van der Waals surface area (Å²) in [7, 11) is 0. The average molecular weight is 458 g/mol. The molecule has 32 heavy (non-hydrogen) atoms. The van der Waals surface area contributed by atoms with Crippen molar-refractivity contribution in [1.29, 1.82) is 0 Å². The van der Waals surface area contributed by atoms with Gasteiger partial charge in [-0.05, 0) is 37.6 Å². The fourth-order valence-electron chi connectivity index (χ4n) is 4.88. The molecule has 1 fully saturated rings. The number of nitrogens with one attached hydrogen (secondary N) is 2. The third-order valence-electron chi connectivity index (χ3n) is 6.03. The quantitative estimate of drug-likeness (QED) is 0.371. The largest absolute Gasteiger partial charge is 0.490 e. The molecular formula is C23H24ClN3O5. The Labute approximate surface area is 190 Å². The van der Waals surface area contributed by atoms with E-state index in [1.165, 1.54) is 0 Å². The molecular weight excluding hydrogens is 434 g/mol. The first-order valence-electron chi connectivity index (χ1n) is 10.4. The van der Waals surface area contributed by atoms with Gasteiger partial charge in [0.05, 0.1) is 17.5 Å². The Morgan fingerprint density at radius 2 is 2.06 bits per heavy atom. The Kier molecular flexibility index (Phi) is 5.83. The number of carbonyl (C=O) groups is 1. The van der Waals surface area contributed by atoms with Crippen molar-refractivity contribution in [2.45, 2.75) is 37.4 Å². The number of para-hydroxylation sites is 1. The number of benzene rings is 2. The Balaban J connectivity index is 1.85. The SMILES string of the molecule is C=CCOc1c(Cl)cc([C@@H]2[C@H](C)N[C@]3(C(=O)Nc4ccccc43)[C@@H]2[N+](=O)[O-])cc1OCC. The number of nitrogens with zero attached hydrogens (tertiary/aromatic N) is 1. The minimum absolute atomic E-state index is 0.234. The lowest BCUT2D eigenvalue weighted by molar-refractivity contribution is -0.532. The highest BCUT2D eigenvalue weighted by Crippen LogP contribution is 2.51. The highest BCUT2D eigenvalue weighted by atomic mass is 35.5. The van der Waals surface area contributed by atoms with Crippen LogP contribution >= 0.6 is 11.6 Å². The Bertz CT molecular complexity index is 1090. The van der Waals surface area contributed by atoms with Gasteiger partial charge in [-0.25, -0.2) is 0 Å². The normalized spacial score (nSPS) is 26.0. The van der Waals surface area contributed by atoms with E-state index in [4.69, 9.17) is 21.1 Å². The molecule has 168 valence electrons. The fraction of sp³-hybridized carbons (Fsp3) is 0.348. The maximum Gasteiger partial charge on any atom is 0.256 e. The summed E-state index contributed by atoms with van der Waals surface area (Å²) in [6.07, 6.45) is 1.59. The molecule has 9 heteroatoms. The molecule has 1 amide bonds. The third kappa shape index (κ3) is 3.30. The van der Waals surface area contributed by atoms with Gasteiger partial charge in [0.25, 0.3) is 11.9 Å². The minimum atomic E-state index is -1.49. The van der Waals surface area contributed by atoms with Crippen LogP contribution < -0.4 is 20.1 Å². The van der Waals surface area contributed by atoms with Gasteiger partial charge in [-0.2, -0.15) is 0 Å². The molecule has 2 N–H and O–H groups in total. The van der Waals surface area contributed by atoms with Crippen LogP contribution in [0.1, 0.15) is 30.9 Å². The van der Waals surface area contributed by atoms with Crippen molar-refractivity contribution in [3.63, 3.8) is 0 Å². The van der Waals surface area contributed by atoms with Crippen LogP contribution in [0, 0.1) is 10.1 Å². The summed E-state index contributed by atoms with van der Waals surface area (Å²) >= 11 is 6.51. The number of halogens is 1. The molecule has 0 aromatic heterocycles. The lowest BCUT2D eigenvalue weighted by atomic mass is 9.78. The monoisotopic (exact) mass is 457 g/mol. The number of hydrogen-bond acceptors (Lipinski definition) is 6. The van der Waals surface area contributed by atoms with Crippen molar-refractivity contribution >= 4 is 23.2 Å². The summed E-state index contributed by atoms with van der Waals surface area (Å²) < 4.78 is 11.4. The number of anilines is 1. The standard InChI is InChI=1S/C23H24ClN3O5/c1-4-10-32-20-16(24)11-14(12-18(20)31-5-2)19-13(3)26-23(21(19)27(29)30)15-8-6-7-9-17(15)25-22(23)28/h4,6-9,11-13,19,21,26H,1,5,10H2,2-3H3,(H,25,28)/t13-,19-,21+,23-/m0/s1. The van der Waals surface area contributed by atoms with Gasteiger partial charge in [0, 0.05) is 22.2 Å². The highest BCUT2D eigenvalue weighted by Gasteiger charge is 2.67. The second-order valence-electron chi connectivity index (χ2n) is 7.86. The van der Waals surface area contributed by atoms with E-state index in [0.29, 0.717) is 34.9 Å². The van der Waals surface area contributed by atoms with E-state index in [2.05, 4.69) is 17.2 Å². The van der Waals surface area contributed by atoms with Gasteiger partial charge in [0.2, 0.25) is 0 Å². The van der Waals surface area contributed by atoms with E-state index in [1.807, 2.05) is 13.8 Å². The summed E-state index contributed by atoms with van der Waals surface area (Å²) in [6, 6.07) is 8.76. The van der Waals surface area contributed by atoms with E-state index in [-0.39, 0.29) is 16.6 Å². The van der Waals surface area contributed by atoms with Crippen LogP contribution in [0.25, 0.3) is 0 Å². The Morgan fingerprint density at radius 1 is 1.31 bits per heavy atom. The molecule has 1 spiro atoms. The number of carbonyl (C=O) groups excluding carboxylic acids is 1. The van der Waals surface area contributed by atoms with E-state index in [0.717, 1.165) is 0 Å². The van der Waals surface area contributed by atoms with Crippen LogP contribution in [-0.4, -0.2) is 36.1 Å². The minimum Gasteiger partial charge on any atom is -0.490 e. The summed E-state index contributed by atoms with van der Waals surface area (Å²) in [5.74, 6) is -0.334. The molecule has 0 aliphatic carbocycles. The van der Waals surface area contributed by atoms with Crippen molar-refractivity contribution in [1.82, 2.24) is 5.32 Å². The van der Waals surface area contributed by atoms with Gasteiger partial charge in [-0.3, -0.25) is 20.2 Å². The lowest BCUT2D eigenvalue weighted by Gasteiger charge is -2.25. The van der Waals surface area contributed by atoms with Crippen LogP contribution in [0.4, 0.5) is 5.69 Å².